The van der Waals surface area contributed by atoms with Crippen molar-refractivity contribution in [2.75, 3.05) is 26.8 Å². The fraction of sp³-hybridized carbons (Fsp3) is 0.500. The van der Waals surface area contributed by atoms with Crippen molar-refractivity contribution in [1.82, 2.24) is 10.6 Å². The van der Waals surface area contributed by atoms with E-state index in [1.807, 2.05) is 31.2 Å². The summed E-state index contributed by atoms with van der Waals surface area (Å²) in [5.41, 5.74) is 1.01. The van der Waals surface area contributed by atoms with Crippen molar-refractivity contribution in [3.63, 3.8) is 0 Å². The zero-order valence-electron chi connectivity index (χ0n) is 11.3. The summed E-state index contributed by atoms with van der Waals surface area (Å²) in [6.07, 6.45) is -0.401. The molecular formula is C14H20N2O3. The summed E-state index contributed by atoms with van der Waals surface area (Å²) >= 11 is 0. The molecule has 1 fully saturated rings. The largest absolute Gasteiger partial charge is 0.497 e. The number of carbonyl (C=O) groups excluding carboxylic acids is 1. The summed E-state index contributed by atoms with van der Waals surface area (Å²) in [6.45, 7) is 3.89. The Morgan fingerprint density at radius 1 is 1.58 bits per heavy atom. The van der Waals surface area contributed by atoms with Crippen molar-refractivity contribution in [3.05, 3.63) is 29.8 Å². The Bertz CT molecular complexity index is 430. The summed E-state index contributed by atoms with van der Waals surface area (Å²) in [5.74, 6) is 0.705. The topological polar surface area (TPSA) is 59.6 Å². The van der Waals surface area contributed by atoms with E-state index in [4.69, 9.17) is 9.47 Å². The van der Waals surface area contributed by atoms with Crippen molar-refractivity contribution in [2.24, 2.45) is 0 Å². The Kier molecular flexibility index (Phi) is 4.76. The molecule has 1 unspecified atom stereocenters. The first-order chi connectivity index (χ1) is 9.20. The highest BCUT2D eigenvalue weighted by Crippen LogP contribution is 2.18. The van der Waals surface area contributed by atoms with Crippen molar-refractivity contribution in [1.29, 1.82) is 0 Å². The monoisotopic (exact) mass is 264 g/mol. The Balaban J connectivity index is 1.95. The first kappa shape index (κ1) is 13.8. The molecule has 0 aromatic heterocycles. The predicted octanol–water partition coefficient (Wildman–Crippen LogP) is 0.861. The highest BCUT2D eigenvalue weighted by molar-refractivity contribution is 5.81. The zero-order valence-corrected chi connectivity index (χ0v) is 11.3. The van der Waals surface area contributed by atoms with Crippen molar-refractivity contribution in [3.8, 4) is 5.75 Å². The third kappa shape index (κ3) is 3.68. The second-order valence-electron chi connectivity index (χ2n) is 4.57. The van der Waals surface area contributed by atoms with Gasteiger partial charge in [0, 0.05) is 13.1 Å². The molecule has 1 aromatic rings. The lowest BCUT2D eigenvalue weighted by molar-refractivity contribution is -0.134. The van der Waals surface area contributed by atoms with Crippen LogP contribution >= 0.6 is 0 Å². The smallest absolute Gasteiger partial charge is 0.250 e. The van der Waals surface area contributed by atoms with Crippen LogP contribution in [0.4, 0.5) is 0 Å². The highest BCUT2D eigenvalue weighted by Gasteiger charge is 2.23. The van der Waals surface area contributed by atoms with E-state index in [0.29, 0.717) is 13.2 Å². The third-order valence-electron chi connectivity index (χ3n) is 3.17. The van der Waals surface area contributed by atoms with Gasteiger partial charge in [-0.2, -0.15) is 0 Å². The number of ether oxygens (including phenoxy) is 2. The Labute approximate surface area is 113 Å². The lowest BCUT2D eigenvalue weighted by Crippen LogP contribution is -2.48. The van der Waals surface area contributed by atoms with Crippen molar-refractivity contribution in [2.45, 2.75) is 19.1 Å². The minimum atomic E-state index is -0.401. The average molecular weight is 264 g/mol. The van der Waals surface area contributed by atoms with Crippen LogP contribution < -0.4 is 15.4 Å². The van der Waals surface area contributed by atoms with Gasteiger partial charge in [-0.15, -0.1) is 0 Å². The molecule has 0 radical (unpaired) electrons. The zero-order chi connectivity index (χ0) is 13.7. The summed E-state index contributed by atoms with van der Waals surface area (Å²) in [7, 11) is 1.63. The molecule has 1 amide bonds. The van der Waals surface area contributed by atoms with Crippen LogP contribution in [-0.4, -0.2) is 38.8 Å². The van der Waals surface area contributed by atoms with E-state index in [9.17, 15) is 4.79 Å². The van der Waals surface area contributed by atoms with E-state index >= 15 is 0 Å². The van der Waals surface area contributed by atoms with Crippen LogP contribution in [0.5, 0.6) is 5.75 Å². The Hall–Kier alpha value is -1.59. The van der Waals surface area contributed by atoms with Crippen LogP contribution in [0.15, 0.2) is 24.3 Å². The van der Waals surface area contributed by atoms with Gasteiger partial charge < -0.3 is 20.1 Å². The molecule has 0 spiro atoms. The quantitative estimate of drug-likeness (QED) is 0.847. The molecule has 1 aromatic carbocycles. The van der Waals surface area contributed by atoms with Gasteiger partial charge in [0.05, 0.1) is 19.8 Å². The minimum Gasteiger partial charge on any atom is -0.497 e. The molecule has 19 heavy (non-hydrogen) atoms. The van der Waals surface area contributed by atoms with Gasteiger partial charge in [-0.3, -0.25) is 4.79 Å². The van der Waals surface area contributed by atoms with Gasteiger partial charge in [-0.1, -0.05) is 12.1 Å². The number of morpholine rings is 1. The molecule has 2 atom stereocenters. The van der Waals surface area contributed by atoms with Gasteiger partial charge >= 0.3 is 0 Å². The van der Waals surface area contributed by atoms with E-state index in [0.717, 1.165) is 17.9 Å². The Morgan fingerprint density at radius 2 is 2.42 bits per heavy atom. The minimum absolute atomic E-state index is 0.0758. The fourth-order valence-electron chi connectivity index (χ4n) is 2.03. The van der Waals surface area contributed by atoms with Crippen molar-refractivity contribution >= 4 is 5.91 Å². The molecular weight excluding hydrogens is 244 g/mol. The first-order valence-corrected chi connectivity index (χ1v) is 6.47. The maximum absolute atomic E-state index is 12.0. The van der Waals surface area contributed by atoms with E-state index in [1.54, 1.807) is 7.11 Å². The third-order valence-corrected chi connectivity index (χ3v) is 3.17. The molecule has 2 N–H and O–H groups in total. The van der Waals surface area contributed by atoms with Gasteiger partial charge in [0.15, 0.2) is 0 Å². The maximum Gasteiger partial charge on any atom is 0.250 e. The number of benzene rings is 1. The van der Waals surface area contributed by atoms with Gasteiger partial charge in [0.1, 0.15) is 11.9 Å². The normalized spacial score (nSPS) is 20.6. The number of hydrogen-bond donors (Lipinski definition) is 2. The fourth-order valence-corrected chi connectivity index (χ4v) is 2.03. The summed E-state index contributed by atoms with van der Waals surface area (Å²) in [6, 6.07) is 7.60. The van der Waals surface area contributed by atoms with Crippen LogP contribution in [-0.2, 0) is 9.53 Å². The molecule has 1 aliphatic rings. The van der Waals surface area contributed by atoms with Gasteiger partial charge in [0.25, 0.3) is 5.91 Å². The van der Waals surface area contributed by atoms with E-state index in [1.165, 1.54) is 0 Å². The molecule has 5 nitrogen and oxygen atoms in total. The van der Waals surface area contributed by atoms with E-state index in [2.05, 4.69) is 10.6 Å². The number of nitrogens with one attached hydrogen (secondary N) is 2. The summed E-state index contributed by atoms with van der Waals surface area (Å²) in [4.78, 5) is 12.0. The highest BCUT2D eigenvalue weighted by atomic mass is 16.5. The number of rotatable bonds is 4. The molecule has 1 saturated heterocycles. The molecule has 0 saturated carbocycles. The molecule has 0 bridgehead atoms. The number of carbonyl (C=O) groups is 1. The van der Waals surface area contributed by atoms with Crippen molar-refractivity contribution < 1.29 is 14.3 Å². The standard InChI is InChI=1S/C14H20N2O3/c1-10(11-4-3-5-12(8-11)18-2)16-14(17)13-9-15-6-7-19-13/h3-5,8,10,13,15H,6-7,9H2,1-2H3,(H,16,17)/t10-,13?/m1/s1. The second kappa shape index (κ2) is 6.54. The number of methoxy groups -OCH3 is 1. The summed E-state index contributed by atoms with van der Waals surface area (Å²) in [5, 5.41) is 6.10. The van der Waals surface area contributed by atoms with Crippen LogP contribution in [0.3, 0.4) is 0 Å². The first-order valence-electron chi connectivity index (χ1n) is 6.47. The maximum atomic E-state index is 12.0. The van der Waals surface area contributed by atoms with Gasteiger partial charge in [0.2, 0.25) is 0 Å². The Morgan fingerprint density at radius 3 is 3.11 bits per heavy atom. The van der Waals surface area contributed by atoms with Crippen LogP contribution in [0, 0.1) is 0 Å². The SMILES string of the molecule is COc1cccc([C@@H](C)NC(=O)C2CNCCO2)c1. The number of amides is 1. The average Bonchev–Trinajstić information content (AvgIpc) is 2.48. The lowest BCUT2D eigenvalue weighted by atomic mass is 10.1. The molecule has 0 aliphatic carbocycles. The van der Waals surface area contributed by atoms with E-state index < -0.39 is 6.10 Å². The van der Waals surface area contributed by atoms with Crippen LogP contribution in [0.2, 0.25) is 0 Å². The molecule has 1 heterocycles. The molecule has 104 valence electrons. The van der Waals surface area contributed by atoms with Crippen LogP contribution in [0.25, 0.3) is 0 Å². The lowest BCUT2D eigenvalue weighted by Gasteiger charge is -2.24. The molecule has 2 rings (SSSR count). The number of hydrogen-bond acceptors (Lipinski definition) is 4. The van der Waals surface area contributed by atoms with Crippen LogP contribution in [0.1, 0.15) is 18.5 Å². The summed E-state index contributed by atoms with van der Waals surface area (Å²) < 4.78 is 10.6. The second-order valence-corrected chi connectivity index (χ2v) is 4.57. The predicted molar refractivity (Wildman–Crippen MR) is 72.2 cm³/mol. The van der Waals surface area contributed by atoms with Gasteiger partial charge in [-0.25, -0.2) is 0 Å². The van der Waals surface area contributed by atoms with Gasteiger partial charge in [-0.05, 0) is 24.6 Å². The van der Waals surface area contributed by atoms with E-state index in [-0.39, 0.29) is 11.9 Å². The molecule has 5 heteroatoms. The molecule has 1 aliphatic heterocycles.